The Kier molecular flexibility index (Phi) is 3.63. The summed E-state index contributed by atoms with van der Waals surface area (Å²) in [5.74, 6) is -1.70. The first-order valence-corrected chi connectivity index (χ1v) is 5.84. The predicted molar refractivity (Wildman–Crippen MR) is 61.7 cm³/mol. The number of morpholine rings is 1. The maximum atomic E-state index is 11.8. The van der Waals surface area contributed by atoms with Gasteiger partial charge in [0.1, 0.15) is 6.61 Å². The normalized spacial score (nSPS) is 26.3. The highest BCUT2D eigenvalue weighted by Crippen LogP contribution is 2.11. The molecule has 2 aliphatic heterocycles. The van der Waals surface area contributed by atoms with Crippen molar-refractivity contribution in [2.45, 2.75) is 6.10 Å². The Labute approximate surface area is 109 Å². The van der Waals surface area contributed by atoms with Gasteiger partial charge in [0.25, 0.3) is 11.8 Å². The molecule has 0 radical (unpaired) electrons. The monoisotopic (exact) mass is 269 g/mol. The van der Waals surface area contributed by atoms with Crippen molar-refractivity contribution in [2.75, 3.05) is 40.3 Å². The molecule has 0 N–H and O–H groups in total. The van der Waals surface area contributed by atoms with E-state index in [4.69, 9.17) is 4.74 Å². The fraction of sp³-hybridized carbons (Fsp3) is 0.636. The molecular weight excluding hydrogens is 254 g/mol. The SMILES string of the molecule is CN1CC(=O)N(CC2OCC(=O)N(C)C2=O)C(=O)C1. The minimum absolute atomic E-state index is 0.126. The molecule has 2 rings (SSSR count). The number of likely N-dealkylation sites (N-methyl/N-ethyl adjacent to an activating group) is 2. The largest absolute Gasteiger partial charge is 0.357 e. The lowest BCUT2D eigenvalue weighted by atomic mass is 10.2. The highest BCUT2D eigenvalue weighted by atomic mass is 16.5. The lowest BCUT2D eigenvalue weighted by molar-refractivity contribution is -0.167. The number of hydrogen-bond acceptors (Lipinski definition) is 6. The standard InChI is InChI=1S/C11H15N3O5/c1-12-4-8(15)14(9(16)5-12)3-7-11(18)13(2)10(17)6-19-7/h7H,3-6H2,1-2H3. The second-order valence-electron chi connectivity index (χ2n) is 4.66. The smallest absolute Gasteiger partial charge is 0.259 e. The number of nitrogens with zero attached hydrogens (tertiary/aromatic N) is 3. The number of amides is 4. The van der Waals surface area contributed by atoms with Crippen molar-refractivity contribution >= 4 is 23.6 Å². The third-order valence-electron chi connectivity index (χ3n) is 3.15. The van der Waals surface area contributed by atoms with Crippen LogP contribution in [0.15, 0.2) is 0 Å². The molecule has 0 aromatic carbocycles. The minimum Gasteiger partial charge on any atom is -0.357 e. The zero-order valence-electron chi connectivity index (χ0n) is 10.8. The van der Waals surface area contributed by atoms with E-state index in [9.17, 15) is 19.2 Å². The number of piperazine rings is 1. The van der Waals surface area contributed by atoms with Gasteiger partial charge < -0.3 is 4.74 Å². The van der Waals surface area contributed by atoms with E-state index in [1.807, 2.05) is 0 Å². The topological polar surface area (TPSA) is 87.2 Å². The van der Waals surface area contributed by atoms with Crippen LogP contribution < -0.4 is 0 Å². The van der Waals surface area contributed by atoms with E-state index in [-0.39, 0.29) is 38.1 Å². The zero-order valence-corrected chi connectivity index (χ0v) is 10.8. The van der Waals surface area contributed by atoms with Crippen LogP contribution in [0.4, 0.5) is 0 Å². The highest BCUT2D eigenvalue weighted by molar-refractivity contribution is 6.02. The molecule has 104 valence electrons. The Morgan fingerprint density at radius 2 is 1.63 bits per heavy atom. The molecule has 0 saturated carbocycles. The second-order valence-corrected chi connectivity index (χ2v) is 4.66. The van der Waals surface area contributed by atoms with Gasteiger partial charge in [-0.25, -0.2) is 0 Å². The summed E-state index contributed by atoms with van der Waals surface area (Å²) in [6.07, 6.45) is -0.959. The number of carbonyl (C=O) groups is 4. The molecule has 1 unspecified atom stereocenters. The van der Waals surface area contributed by atoms with E-state index >= 15 is 0 Å². The number of rotatable bonds is 2. The first-order chi connectivity index (χ1) is 8.90. The molecule has 2 heterocycles. The Hall–Kier alpha value is -1.80. The van der Waals surface area contributed by atoms with Crippen molar-refractivity contribution in [1.82, 2.24) is 14.7 Å². The Balaban J connectivity index is 2.04. The molecule has 2 fully saturated rings. The predicted octanol–water partition coefficient (Wildman–Crippen LogP) is -2.33. The molecule has 4 amide bonds. The van der Waals surface area contributed by atoms with Gasteiger partial charge in [-0.15, -0.1) is 0 Å². The summed E-state index contributed by atoms with van der Waals surface area (Å²) in [7, 11) is 3.02. The van der Waals surface area contributed by atoms with Crippen molar-refractivity contribution in [3.8, 4) is 0 Å². The number of hydrogen-bond donors (Lipinski definition) is 0. The third-order valence-corrected chi connectivity index (χ3v) is 3.15. The van der Waals surface area contributed by atoms with Crippen LogP contribution in [-0.2, 0) is 23.9 Å². The summed E-state index contributed by atoms with van der Waals surface area (Å²) in [5, 5.41) is 0. The molecule has 0 spiro atoms. The van der Waals surface area contributed by atoms with Gasteiger partial charge in [0.05, 0.1) is 19.6 Å². The molecule has 1 atom stereocenters. The summed E-state index contributed by atoms with van der Waals surface area (Å²) in [5.41, 5.74) is 0. The summed E-state index contributed by atoms with van der Waals surface area (Å²) in [6.45, 7) is -0.103. The average Bonchev–Trinajstić information content (AvgIpc) is 2.33. The van der Waals surface area contributed by atoms with Gasteiger partial charge in [-0.2, -0.15) is 0 Å². The van der Waals surface area contributed by atoms with E-state index in [1.165, 1.54) is 7.05 Å². The van der Waals surface area contributed by atoms with Gasteiger partial charge in [-0.3, -0.25) is 33.9 Å². The van der Waals surface area contributed by atoms with Gasteiger partial charge >= 0.3 is 0 Å². The summed E-state index contributed by atoms with van der Waals surface area (Å²) < 4.78 is 5.10. The van der Waals surface area contributed by atoms with E-state index in [1.54, 1.807) is 11.9 Å². The molecule has 8 nitrogen and oxygen atoms in total. The maximum absolute atomic E-state index is 11.8. The van der Waals surface area contributed by atoms with E-state index < -0.39 is 17.9 Å². The molecule has 2 saturated heterocycles. The summed E-state index contributed by atoms with van der Waals surface area (Å²) in [4.78, 5) is 50.1. The fourth-order valence-corrected chi connectivity index (χ4v) is 2.01. The molecule has 2 aliphatic rings. The van der Waals surface area contributed by atoms with Crippen LogP contribution in [0.3, 0.4) is 0 Å². The van der Waals surface area contributed by atoms with Crippen LogP contribution in [0.25, 0.3) is 0 Å². The maximum Gasteiger partial charge on any atom is 0.259 e. The van der Waals surface area contributed by atoms with Gasteiger partial charge in [-0.05, 0) is 7.05 Å². The molecular formula is C11H15N3O5. The van der Waals surface area contributed by atoms with Gasteiger partial charge in [0, 0.05) is 7.05 Å². The van der Waals surface area contributed by atoms with Crippen molar-refractivity contribution in [2.24, 2.45) is 0 Å². The molecule has 0 aliphatic carbocycles. The highest BCUT2D eigenvalue weighted by Gasteiger charge is 2.38. The van der Waals surface area contributed by atoms with E-state index in [0.29, 0.717) is 0 Å². The van der Waals surface area contributed by atoms with Crippen LogP contribution in [0.1, 0.15) is 0 Å². The first kappa shape index (κ1) is 13.6. The van der Waals surface area contributed by atoms with Crippen LogP contribution >= 0.6 is 0 Å². The van der Waals surface area contributed by atoms with E-state index in [0.717, 1.165) is 9.80 Å². The average molecular weight is 269 g/mol. The number of ether oxygens (including phenoxy) is 1. The van der Waals surface area contributed by atoms with Crippen molar-refractivity contribution in [3.63, 3.8) is 0 Å². The molecule has 0 aromatic heterocycles. The number of carbonyl (C=O) groups excluding carboxylic acids is 4. The van der Waals surface area contributed by atoms with Crippen molar-refractivity contribution < 1.29 is 23.9 Å². The molecule has 19 heavy (non-hydrogen) atoms. The first-order valence-electron chi connectivity index (χ1n) is 5.84. The van der Waals surface area contributed by atoms with Crippen molar-refractivity contribution in [1.29, 1.82) is 0 Å². The van der Waals surface area contributed by atoms with Gasteiger partial charge in [0.2, 0.25) is 11.8 Å². The Morgan fingerprint density at radius 3 is 2.21 bits per heavy atom. The van der Waals surface area contributed by atoms with Gasteiger partial charge in [-0.1, -0.05) is 0 Å². The van der Waals surface area contributed by atoms with Crippen LogP contribution in [0, 0.1) is 0 Å². The molecule has 8 heteroatoms. The van der Waals surface area contributed by atoms with E-state index in [2.05, 4.69) is 0 Å². The minimum atomic E-state index is -0.959. The quantitative estimate of drug-likeness (QED) is 0.523. The summed E-state index contributed by atoms with van der Waals surface area (Å²) in [6, 6.07) is 0. The summed E-state index contributed by atoms with van der Waals surface area (Å²) >= 11 is 0. The second kappa shape index (κ2) is 5.06. The van der Waals surface area contributed by atoms with Crippen LogP contribution in [0.2, 0.25) is 0 Å². The lowest BCUT2D eigenvalue weighted by Gasteiger charge is -2.34. The fourth-order valence-electron chi connectivity index (χ4n) is 2.01. The number of imide groups is 2. The molecule has 0 bridgehead atoms. The molecule has 0 aromatic rings. The van der Waals surface area contributed by atoms with Crippen molar-refractivity contribution in [3.05, 3.63) is 0 Å². The lowest BCUT2D eigenvalue weighted by Crippen LogP contribution is -2.59. The third kappa shape index (κ3) is 2.64. The Bertz CT molecular complexity index is 432. The van der Waals surface area contributed by atoms with Crippen LogP contribution in [0.5, 0.6) is 0 Å². The van der Waals surface area contributed by atoms with Gasteiger partial charge in [0.15, 0.2) is 6.10 Å². The zero-order chi connectivity index (χ0) is 14.2. The van der Waals surface area contributed by atoms with Crippen LogP contribution in [-0.4, -0.2) is 84.8 Å². The Morgan fingerprint density at radius 1 is 1.05 bits per heavy atom.